The highest BCUT2D eigenvalue weighted by molar-refractivity contribution is 7.91. The maximum atomic E-state index is 12.4. The van der Waals surface area contributed by atoms with Crippen LogP contribution in [0.3, 0.4) is 0 Å². The molecule has 4 rings (SSSR count). The summed E-state index contributed by atoms with van der Waals surface area (Å²) in [6.07, 6.45) is 1.97. The van der Waals surface area contributed by atoms with Crippen LogP contribution in [0.2, 0.25) is 0 Å². The number of nitrogens with one attached hydrogen (secondary N) is 2. The van der Waals surface area contributed by atoms with Gasteiger partial charge in [-0.3, -0.25) is 4.79 Å². The maximum absolute atomic E-state index is 12.4. The van der Waals surface area contributed by atoms with Gasteiger partial charge in [0.1, 0.15) is 19.0 Å². The molecule has 0 saturated carbocycles. The summed E-state index contributed by atoms with van der Waals surface area (Å²) in [5, 5.41) is 5.91. The molecule has 1 aromatic carbocycles. The lowest BCUT2D eigenvalue weighted by atomic mass is 10.2. The van der Waals surface area contributed by atoms with E-state index in [-0.39, 0.29) is 23.5 Å². The molecule has 2 N–H and O–H groups in total. The lowest BCUT2D eigenvalue weighted by Gasteiger charge is -2.19. The number of carbonyl (C=O) groups is 1. The molecular weight excluding hydrogens is 370 g/mol. The standard InChI is InChI=1S/C18H19N3O5S/c22-18(21-14-4-8-27(23,24)11-14)12-3-5-19-17(9-12)20-13-1-2-15-16(10-13)26-7-6-25-15/h1-3,5,9-10,14H,4,6-8,11H2,(H,19,20)(H,21,22). The Balaban J connectivity index is 1.45. The average molecular weight is 389 g/mol. The molecule has 2 aliphatic rings. The number of ether oxygens (including phenoxy) is 2. The molecular formula is C18H19N3O5S. The molecule has 1 aromatic heterocycles. The first-order valence-corrected chi connectivity index (χ1v) is 10.4. The van der Waals surface area contributed by atoms with E-state index >= 15 is 0 Å². The molecule has 9 heteroatoms. The number of nitrogens with zero attached hydrogens (tertiary/aromatic N) is 1. The molecule has 27 heavy (non-hydrogen) atoms. The molecule has 2 aliphatic heterocycles. The van der Waals surface area contributed by atoms with Crippen molar-refractivity contribution in [2.45, 2.75) is 12.5 Å². The van der Waals surface area contributed by atoms with E-state index in [1.807, 2.05) is 18.2 Å². The van der Waals surface area contributed by atoms with Crippen LogP contribution in [0.25, 0.3) is 0 Å². The van der Waals surface area contributed by atoms with Crippen molar-refractivity contribution in [3.63, 3.8) is 0 Å². The van der Waals surface area contributed by atoms with Gasteiger partial charge in [0.05, 0.1) is 11.5 Å². The van der Waals surface area contributed by atoms with Gasteiger partial charge in [-0.2, -0.15) is 0 Å². The third-order valence-electron chi connectivity index (χ3n) is 4.40. The number of hydrogen-bond donors (Lipinski definition) is 2. The van der Waals surface area contributed by atoms with Gasteiger partial charge in [-0.25, -0.2) is 13.4 Å². The number of rotatable bonds is 4. The van der Waals surface area contributed by atoms with E-state index in [0.29, 0.717) is 42.5 Å². The van der Waals surface area contributed by atoms with Crippen LogP contribution in [0.15, 0.2) is 36.5 Å². The molecule has 8 nitrogen and oxygen atoms in total. The highest BCUT2D eigenvalue weighted by Crippen LogP contribution is 2.33. The second-order valence-corrected chi connectivity index (χ2v) is 8.72. The van der Waals surface area contributed by atoms with E-state index in [1.165, 1.54) is 6.20 Å². The van der Waals surface area contributed by atoms with Crippen LogP contribution < -0.4 is 20.1 Å². The number of benzene rings is 1. The zero-order valence-electron chi connectivity index (χ0n) is 14.5. The fourth-order valence-electron chi connectivity index (χ4n) is 3.09. The highest BCUT2D eigenvalue weighted by Gasteiger charge is 2.29. The molecule has 1 atom stereocenters. The summed E-state index contributed by atoms with van der Waals surface area (Å²) >= 11 is 0. The van der Waals surface area contributed by atoms with E-state index in [1.54, 1.807) is 12.1 Å². The summed E-state index contributed by atoms with van der Waals surface area (Å²) in [6, 6.07) is 8.33. The Morgan fingerprint density at radius 1 is 1.11 bits per heavy atom. The molecule has 1 unspecified atom stereocenters. The Kier molecular flexibility index (Phi) is 4.61. The summed E-state index contributed by atoms with van der Waals surface area (Å²) in [5.41, 5.74) is 1.17. The fraction of sp³-hybridized carbons (Fsp3) is 0.333. The predicted molar refractivity (Wildman–Crippen MR) is 99.5 cm³/mol. The largest absolute Gasteiger partial charge is 0.486 e. The fourth-order valence-corrected chi connectivity index (χ4v) is 4.76. The third kappa shape index (κ3) is 4.13. The van der Waals surface area contributed by atoms with Crippen molar-refractivity contribution in [3.05, 3.63) is 42.1 Å². The number of anilines is 2. The summed E-state index contributed by atoms with van der Waals surface area (Å²) in [7, 11) is -3.04. The summed E-state index contributed by atoms with van der Waals surface area (Å²) in [6.45, 7) is 1.03. The van der Waals surface area contributed by atoms with Gasteiger partial charge in [0.2, 0.25) is 0 Å². The van der Waals surface area contributed by atoms with Crippen LogP contribution in [0, 0.1) is 0 Å². The van der Waals surface area contributed by atoms with Gasteiger partial charge in [0.25, 0.3) is 5.91 Å². The van der Waals surface area contributed by atoms with Gasteiger partial charge < -0.3 is 20.1 Å². The molecule has 1 amide bonds. The van der Waals surface area contributed by atoms with Crippen molar-refractivity contribution < 1.29 is 22.7 Å². The quantitative estimate of drug-likeness (QED) is 0.816. The summed E-state index contributed by atoms with van der Waals surface area (Å²) in [5.74, 6) is 1.64. The smallest absolute Gasteiger partial charge is 0.251 e. The number of aromatic nitrogens is 1. The van der Waals surface area contributed by atoms with Crippen LogP contribution in [0.1, 0.15) is 16.8 Å². The number of sulfone groups is 1. The number of amides is 1. The molecule has 0 spiro atoms. The molecule has 3 heterocycles. The highest BCUT2D eigenvalue weighted by atomic mass is 32.2. The van der Waals surface area contributed by atoms with E-state index in [4.69, 9.17) is 9.47 Å². The number of carbonyl (C=O) groups excluding carboxylic acids is 1. The lowest BCUT2D eigenvalue weighted by molar-refractivity contribution is 0.0941. The Bertz CT molecular complexity index is 977. The Labute approximate surface area is 156 Å². The van der Waals surface area contributed by atoms with Crippen molar-refractivity contribution in [1.29, 1.82) is 0 Å². The van der Waals surface area contributed by atoms with Crippen LogP contribution in [0.4, 0.5) is 11.5 Å². The van der Waals surface area contributed by atoms with Gasteiger partial charge in [-0.15, -0.1) is 0 Å². The lowest BCUT2D eigenvalue weighted by Crippen LogP contribution is -2.35. The van der Waals surface area contributed by atoms with Gasteiger partial charge in [-0.1, -0.05) is 0 Å². The summed E-state index contributed by atoms with van der Waals surface area (Å²) < 4.78 is 34.1. The van der Waals surface area contributed by atoms with Crippen LogP contribution >= 0.6 is 0 Å². The van der Waals surface area contributed by atoms with E-state index < -0.39 is 9.84 Å². The van der Waals surface area contributed by atoms with Gasteiger partial charge in [0.15, 0.2) is 21.3 Å². The number of fused-ring (bicyclic) bond motifs is 1. The molecule has 142 valence electrons. The minimum absolute atomic E-state index is 0.00781. The normalized spacial score (nSPS) is 20.1. The first-order valence-electron chi connectivity index (χ1n) is 8.62. The second-order valence-electron chi connectivity index (χ2n) is 6.49. The van der Waals surface area contributed by atoms with Crippen molar-refractivity contribution in [2.75, 3.05) is 30.0 Å². The van der Waals surface area contributed by atoms with Gasteiger partial charge in [-0.05, 0) is 30.7 Å². The molecule has 2 aromatic rings. The second kappa shape index (κ2) is 7.07. The first kappa shape index (κ1) is 17.6. The minimum atomic E-state index is -3.04. The van der Waals surface area contributed by atoms with E-state index in [0.717, 1.165) is 5.69 Å². The Morgan fingerprint density at radius 3 is 2.70 bits per heavy atom. The molecule has 1 fully saturated rings. The van der Waals surface area contributed by atoms with E-state index in [2.05, 4.69) is 15.6 Å². The monoisotopic (exact) mass is 389 g/mol. The number of hydrogen-bond acceptors (Lipinski definition) is 7. The van der Waals surface area contributed by atoms with Crippen LogP contribution in [0.5, 0.6) is 11.5 Å². The third-order valence-corrected chi connectivity index (χ3v) is 6.17. The Morgan fingerprint density at radius 2 is 1.93 bits per heavy atom. The molecule has 1 saturated heterocycles. The zero-order chi connectivity index (χ0) is 18.9. The molecule has 0 aliphatic carbocycles. The van der Waals surface area contributed by atoms with Crippen LogP contribution in [-0.2, 0) is 9.84 Å². The minimum Gasteiger partial charge on any atom is -0.486 e. The molecule has 0 bridgehead atoms. The van der Waals surface area contributed by atoms with Crippen molar-refractivity contribution in [1.82, 2.24) is 10.3 Å². The van der Waals surface area contributed by atoms with Crippen molar-refractivity contribution in [2.24, 2.45) is 0 Å². The van der Waals surface area contributed by atoms with Gasteiger partial charge in [0, 0.05) is 29.6 Å². The topological polar surface area (TPSA) is 107 Å². The average Bonchev–Trinajstić information content (AvgIpc) is 3.00. The SMILES string of the molecule is O=C(NC1CCS(=O)(=O)C1)c1ccnc(Nc2ccc3c(c2)OCCO3)c1. The zero-order valence-corrected chi connectivity index (χ0v) is 15.3. The van der Waals surface area contributed by atoms with Crippen molar-refractivity contribution in [3.8, 4) is 11.5 Å². The van der Waals surface area contributed by atoms with Crippen molar-refractivity contribution >= 4 is 27.2 Å². The van der Waals surface area contributed by atoms with Gasteiger partial charge >= 0.3 is 0 Å². The van der Waals surface area contributed by atoms with Crippen LogP contribution in [-0.4, -0.2) is 50.1 Å². The maximum Gasteiger partial charge on any atom is 0.251 e. The predicted octanol–water partition coefficient (Wildman–Crippen LogP) is 1.51. The first-order chi connectivity index (χ1) is 13.0. The van der Waals surface area contributed by atoms with E-state index in [9.17, 15) is 13.2 Å². The Hall–Kier alpha value is -2.81. The molecule has 0 radical (unpaired) electrons. The summed E-state index contributed by atoms with van der Waals surface area (Å²) in [4.78, 5) is 16.6. The number of pyridine rings is 1.